The fraction of sp³-hybridized carbons (Fsp3) is 0.316. The minimum absolute atomic E-state index is 0.0677. The van der Waals surface area contributed by atoms with Crippen LogP contribution >= 0.6 is 15.9 Å². The van der Waals surface area contributed by atoms with Crippen molar-refractivity contribution >= 4 is 43.2 Å². The lowest BCUT2D eigenvalue weighted by atomic mass is 9.98. The number of piperidine rings is 1. The van der Waals surface area contributed by atoms with Gasteiger partial charge in [0.15, 0.2) is 0 Å². The predicted octanol–water partition coefficient (Wildman–Crippen LogP) is 3.71. The second-order valence-electron chi connectivity index (χ2n) is 6.85. The van der Waals surface area contributed by atoms with E-state index in [0.717, 1.165) is 4.47 Å². The second-order valence-corrected chi connectivity index (χ2v) is 9.71. The Morgan fingerprint density at radius 1 is 1.24 bits per heavy atom. The third kappa shape index (κ3) is 4.65. The molecule has 0 aromatic heterocycles. The van der Waals surface area contributed by atoms with Gasteiger partial charge in [0.1, 0.15) is 0 Å². The minimum Gasteiger partial charge on any atom is -0.325 e. The van der Waals surface area contributed by atoms with Crippen LogP contribution in [0, 0.1) is 23.0 Å². The van der Waals surface area contributed by atoms with Crippen molar-refractivity contribution in [3.8, 4) is 0 Å². The number of halogens is 1. The number of nitrogens with zero attached hydrogens (tertiary/aromatic N) is 2. The highest BCUT2D eigenvalue weighted by atomic mass is 79.9. The summed E-state index contributed by atoms with van der Waals surface area (Å²) in [5.74, 6) is -0.878. The van der Waals surface area contributed by atoms with E-state index in [0.29, 0.717) is 30.6 Å². The summed E-state index contributed by atoms with van der Waals surface area (Å²) >= 11 is 3.28. The Kier molecular flexibility index (Phi) is 6.35. The van der Waals surface area contributed by atoms with Gasteiger partial charge in [0.05, 0.1) is 27.0 Å². The first-order valence-electron chi connectivity index (χ1n) is 9.00. The Morgan fingerprint density at radius 3 is 2.59 bits per heavy atom. The molecular formula is C19H20BrN3O5S. The second kappa shape index (κ2) is 8.60. The number of nitro groups is 1. The van der Waals surface area contributed by atoms with Crippen molar-refractivity contribution in [2.75, 3.05) is 18.4 Å². The zero-order valence-electron chi connectivity index (χ0n) is 15.7. The summed E-state index contributed by atoms with van der Waals surface area (Å²) in [6.07, 6.45) is 1.11. The molecule has 0 aliphatic carbocycles. The van der Waals surface area contributed by atoms with Crippen molar-refractivity contribution < 1.29 is 18.1 Å². The zero-order valence-corrected chi connectivity index (χ0v) is 18.1. The summed E-state index contributed by atoms with van der Waals surface area (Å²) < 4.78 is 27.9. The van der Waals surface area contributed by atoms with Gasteiger partial charge in [-0.05, 0) is 50.1 Å². The predicted molar refractivity (Wildman–Crippen MR) is 112 cm³/mol. The number of benzene rings is 2. The molecule has 1 N–H and O–H groups in total. The topological polar surface area (TPSA) is 110 Å². The van der Waals surface area contributed by atoms with E-state index >= 15 is 0 Å². The SMILES string of the molecule is Cc1c(NC(=O)[C@@H]2CCCN(S(=O)(=O)c3ccc(Br)cc3)C2)cccc1[N+](=O)[O-]. The van der Waals surface area contributed by atoms with Crippen LogP contribution in [0.15, 0.2) is 51.8 Å². The molecular weight excluding hydrogens is 462 g/mol. The highest BCUT2D eigenvalue weighted by Crippen LogP contribution is 2.28. The first-order valence-corrected chi connectivity index (χ1v) is 11.2. The first-order chi connectivity index (χ1) is 13.7. The molecule has 10 heteroatoms. The molecule has 1 heterocycles. The van der Waals surface area contributed by atoms with Crippen LogP contribution in [0.5, 0.6) is 0 Å². The minimum atomic E-state index is -3.70. The number of nitro benzene ring substituents is 1. The molecule has 154 valence electrons. The summed E-state index contributed by atoms with van der Waals surface area (Å²) in [7, 11) is -3.70. The highest BCUT2D eigenvalue weighted by Gasteiger charge is 2.33. The number of hydrogen-bond donors (Lipinski definition) is 1. The fourth-order valence-corrected chi connectivity index (χ4v) is 5.11. The van der Waals surface area contributed by atoms with E-state index in [2.05, 4.69) is 21.2 Å². The van der Waals surface area contributed by atoms with Crippen LogP contribution in [0.3, 0.4) is 0 Å². The summed E-state index contributed by atoms with van der Waals surface area (Å²) in [6.45, 7) is 1.98. The van der Waals surface area contributed by atoms with Crippen molar-refractivity contribution in [1.29, 1.82) is 0 Å². The normalized spacial score (nSPS) is 17.7. The number of carbonyl (C=O) groups is 1. The van der Waals surface area contributed by atoms with Gasteiger partial charge in [-0.25, -0.2) is 8.42 Å². The van der Waals surface area contributed by atoms with Gasteiger partial charge in [-0.1, -0.05) is 22.0 Å². The van der Waals surface area contributed by atoms with E-state index in [1.807, 2.05) is 0 Å². The molecule has 8 nitrogen and oxygen atoms in total. The van der Waals surface area contributed by atoms with Crippen LogP contribution in [-0.4, -0.2) is 36.6 Å². The molecule has 3 rings (SSSR count). The van der Waals surface area contributed by atoms with Crippen LogP contribution in [0.1, 0.15) is 18.4 Å². The van der Waals surface area contributed by atoms with E-state index in [-0.39, 0.29) is 23.0 Å². The fourth-order valence-electron chi connectivity index (χ4n) is 3.32. The number of anilines is 1. The van der Waals surface area contributed by atoms with E-state index < -0.39 is 20.9 Å². The Hall–Kier alpha value is -2.30. The Labute approximate surface area is 177 Å². The maximum atomic E-state index is 12.9. The third-order valence-corrected chi connectivity index (χ3v) is 7.37. The summed E-state index contributed by atoms with van der Waals surface area (Å²) in [5, 5.41) is 13.8. The summed E-state index contributed by atoms with van der Waals surface area (Å²) in [5.41, 5.74) is 0.643. The third-order valence-electron chi connectivity index (χ3n) is 4.97. The first kappa shape index (κ1) is 21.4. The molecule has 1 aliphatic rings. The molecule has 1 aliphatic heterocycles. The van der Waals surface area contributed by atoms with Gasteiger partial charge >= 0.3 is 0 Å². The van der Waals surface area contributed by atoms with Crippen molar-refractivity contribution in [2.24, 2.45) is 5.92 Å². The molecule has 1 saturated heterocycles. The van der Waals surface area contributed by atoms with Crippen molar-refractivity contribution in [2.45, 2.75) is 24.7 Å². The molecule has 1 atom stereocenters. The molecule has 1 fully saturated rings. The average Bonchev–Trinajstić information content (AvgIpc) is 2.69. The molecule has 2 aromatic rings. The molecule has 0 unspecified atom stereocenters. The van der Waals surface area contributed by atoms with Gasteiger partial charge in [0, 0.05) is 23.6 Å². The molecule has 29 heavy (non-hydrogen) atoms. The van der Waals surface area contributed by atoms with Crippen molar-refractivity contribution in [3.63, 3.8) is 0 Å². The van der Waals surface area contributed by atoms with E-state index in [1.54, 1.807) is 25.1 Å². The van der Waals surface area contributed by atoms with Crippen molar-refractivity contribution in [1.82, 2.24) is 4.31 Å². The number of carbonyl (C=O) groups excluding carboxylic acids is 1. The van der Waals surface area contributed by atoms with E-state index in [1.165, 1.54) is 28.6 Å². The smallest absolute Gasteiger partial charge is 0.274 e. The molecule has 0 bridgehead atoms. The highest BCUT2D eigenvalue weighted by molar-refractivity contribution is 9.10. The van der Waals surface area contributed by atoms with Crippen LogP contribution < -0.4 is 5.32 Å². The monoisotopic (exact) mass is 481 g/mol. The summed E-state index contributed by atoms with van der Waals surface area (Å²) in [6, 6.07) is 10.8. The van der Waals surface area contributed by atoms with Gasteiger partial charge in [0.2, 0.25) is 15.9 Å². The van der Waals surface area contributed by atoms with Crippen LogP contribution in [0.2, 0.25) is 0 Å². The quantitative estimate of drug-likeness (QED) is 0.516. The molecule has 0 saturated carbocycles. The lowest BCUT2D eigenvalue weighted by Crippen LogP contribution is -2.43. The lowest BCUT2D eigenvalue weighted by molar-refractivity contribution is -0.385. The summed E-state index contributed by atoms with van der Waals surface area (Å²) in [4.78, 5) is 23.5. The molecule has 1 amide bonds. The van der Waals surface area contributed by atoms with Gasteiger partial charge in [0.25, 0.3) is 5.69 Å². The average molecular weight is 482 g/mol. The van der Waals surface area contributed by atoms with Gasteiger partial charge in [-0.3, -0.25) is 14.9 Å². The van der Waals surface area contributed by atoms with Crippen LogP contribution in [0.4, 0.5) is 11.4 Å². The number of sulfonamides is 1. The number of nitrogens with one attached hydrogen (secondary N) is 1. The largest absolute Gasteiger partial charge is 0.325 e. The molecule has 0 spiro atoms. The molecule has 0 radical (unpaired) electrons. The number of rotatable bonds is 5. The van der Waals surface area contributed by atoms with Crippen LogP contribution in [0.25, 0.3) is 0 Å². The van der Waals surface area contributed by atoms with Gasteiger partial charge in [-0.2, -0.15) is 4.31 Å². The maximum Gasteiger partial charge on any atom is 0.274 e. The van der Waals surface area contributed by atoms with E-state index in [4.69, 9.17) is 0 Å². The van der Waals surface area contributed by atoms with Crippen LogP contribution in [-0.2, 0) is 14.8 Å². The van der Waals surface area contributed by atoms with Crippen molar-refractivity contribution in [3.05, 3.63) is 62.6 Å². The Bertz CT molecular complexity index is 1040. The lowest BCUT2D eigenvalue weighted by Gasteiger charge is -2.31. The van der Waals surface area contributed by atoms with Gasteiger partial charge in [-0.15, -0.1) is 0 Å². The Morgan fingerprint density at radius 2 is 1.93 bits per heavy atom. The maximum absolute atomic E-state index is 12.9. The number of hydrogen-bond acceptors (Lipinski definition) is 5. The zero-order chi connectivity index (χ0) is 21.2. The molecule has 2 aromatic carbocycles. The van der Waals surface area contributed by atoms with Gasteiger partial charge < -0.3 is 5.32 Å². The standard InChI is InChI=1S/C19H20BrN3O5S/c1-13-17(5-2-6-18(13)23(25)26)21-19(24)14-4-3-11-22(12-14)29(27,28)16-9-7-15(20)8-10-16/h2,5-10,14H,3-4,11-12H2,1H3,(H,21,24)/t14-/m1/s1. The number of amides is 1. The van der Waals surface area contributed by atoms with E-state index in [9.17, 15) is 23.3 Å². The Balaban J connectivity index is 1.75.